The summed E-state index contributed by atoms with van der Waals surface area (Å²) in [5.74, 6) is -0.0681. The highest BCUT2D eigenvalue weighted by atomic mass is 16.8. The lowest BCUT2D eigenvalue weighted by molar-refractivity contribution is -0.374. The molecule has 12 N–H and O–H groups in total. The molecule has 64 heavy (non-hydrogen) atoms. The van der Waals surface area contributed by atoms with Crippen LogP contribution in [0.4, 0.5) is 0 Å². The lowest BCUT2D eigenvalue weighted by atomic mass is 9.44. The van der Waals surface area contributed by atoms with Crippen LogP contribution in [0.2, 0.25) is 0 Å². The van der Waals surface area contributed by atoms with Crippen LogP contribution in [-0.2, 0) is 33.2 Å². The van der Waals surface area contributed by atoms with Crippen molar-refractivity contribution in [2.75, 3.05) is 19.8 Å². The highest BCUT2D eigenvalue weighted by Gasteiger charge is 2.69. The average molecular weight is 921 g/mol. The molecular formula is C45H76O19. The minimum atomic E-state index is -1.70. The molecule has 19 nitrogen and oxygen atoms in total. The quantitative estimate of drug-likeness (QED) is 0.0964. The molecule has 0 radical (unpaired) electrons. The predicted octanol–water partition coefficient (Wildman–Crippen LogP) is -1.78. The number of fused-ring (bicyclic) bond motifs is 7. The molecule has 0 aromatic carbocycles. The fourth-order valence-corrected chi connectivity index (χ4v) is 14.1. The van der Waals surface area contributed by atoms with E-state index in [0.29, 0.717) is 43.4 Å². The highest BCUT2D eigenvalue weighted by molar-refractivity contribution is 5.15. The van der Waals surface area contributed by atoms with Crippen LogP contribution in [0.25, 0.3) is 0 Å². The summed E-state index contributed by atoms with van der Waals surface area (Å²) in [5, 5.41) is 127. The van der Waals surface area contributed by atoms with Crippen molar-refractivity contribution in [3.05, 3.63) is 0 Å². The Morgan fingerprint density at radius 3 is 2.00 bits per heavy atom. The summed E-state index contributed by atoms with van der Waals surface area (Å²) in [6.45, 7) is 9.19. The number of aliphatic hydroxyl groups excluding tert-OH is 11. The summed E-state index contributed by atoms with van der Waals surface area (Å²) < 4.78 is 41.9. The summed E-state index contributed by atoms with van der Waals surface area (Å²) in [6, 6.07) is 0. The van der Waals surface area contributed by atoms with Crippen molar-refractivity contribution >= 4 is 0 Å². The van der Waals surface area contributed by atoms with Crippen LogP contribution in [0.3, 0.4) is 0 Å². The SMILES string of the molecule is C[C@H](CC[C@]1(O)O[C@H]2C[C@@H]3[C@H]4CC[C@@H]5C[C@H](O[C@H]6O[C@@H](CO)[C@H](O)[C@@H](O)[C@@H]6O[C@H]6O[C@@H](C)[C@H](O)[C@@H](O)[C@@H]6O)[C@@H](O)C[C@]5(C)[C@@H]4CC[C@]3(C)[C@H]2[C@@H]1C)CO[C@H]1O[C@@H](CO)[C@H](O)[C@@H](O)[C@@H]1O. The summed E-state index contributed by atoms with van der Waals surface area (Å²) in [5.41, 5.74) is -0.263. The van der Waals surface area contributed by atoms with Gasteiger partial charge in [0.05, 0.1) is 44.2 Å². The van der Waals surface area contributed by atoms with Crippen molar-refractivity contribution < 1.29 is 94.4 Å². The van der Waals surface area contributed by atoms with Crippen LogP contribution in [0, 0.1) is 52.3 Å². The molecule has 0 amide bonds. The van der Waals surface area contributed by atoms with Crippen molar-refractivity contribution in [2.45, 2.75) is 209 Å². The van der Waals surface area contributed by atoms with Crippen molar-refractivity contribution in [1.82, 2.24) is 0 Å². The normalized spacial score (nSPS) is 56.8. The zero-order chi connectivity index (χ0) is 46.4. The molecule has 8 rings (SSSR count). The second-order valence-electron chi connectivity index (χ2n) is 21.6. The molecule has 0 unspecified atom stereocenters. The molecule has 370 valence electrons. The highest BCUT2D eigenvalue weighted by Crippen LogP contribution is 2.71. The third-order valence-corrected chi connectivity index (χ3v) is 18.0. The van der Waals surface area contributed by atoms with Crippen LogP contribution in [-0.4, -0.2) is 197 Å². The van der Waals surface area contributed by atoms with Gasteiger partial charge in [0, 0.05) is 12.3 Å². The van der Waals surface area contributed by atoms with Gasteiger partial charge < -0.3 is 94.4 Å². The standard InChI is InChI=1S/C45H76O19/c1-18(17-58-40-37(55)35(53)32(50)28(15-46)61-40)8-11-45(57)19(2)30-27(64-45)13-24-22-7-6-21-12-26(25(48)14-44(21,5)23(22)9-10-43(24,30)4)60-42-39(36(54)33(51)29(16-47)62-42)63-41-38(56)34(52)31(49)20(3)59-41/h18-42,46-57H,6-17H2,1-5H3/t18-,19+,20+,21-,22+,23-,24-,25+,26+,27+,28+,29+,30+,31+,32+,33+,34-,35-,36-,37+,38+,39+,40+,41-,42+,43+,44+,45+/m1/s1. The molecule has 0 bridgehead atoms. The van der Waals surface area contributed by atoms with Crippen LogP contribution in [0.5, 0.6) is 0 Å². The lowest BCUT2D eigenvalue weighted by Gasteiger charge is -2.62. The molecule has 4 saturated heterocycles. The molecule has 4 aliphatic heterocycles. The minimum absolute atomic E-state index is 0.0563. The maximum atomic E-state index is 12.1. The molecule has 8 fully saturated rings. The van der Waals surface area contributed by atoms with Crippen LogP contribution in [0.15, 0.2) is 0 Å². The van der Waals surface area contributed by atoms with E-state index in [1.54, 1.807) is 0 Å². The Morgan fingerprint density at radius 2 is 1.31 bits per heavy atom. The Kier molecular flexibility index (Phi) is 14.6. The first-order chi connectivity index (χ1) is 30.2. The van der Waals surface area contributed by atoms with Gasteiger partial charge in [-0.25, -0.2) is 0 Å². The number of rotatable bonds is 12. The molecule has 19 heteroatoms. The minimum Gasteiger partial charge on any atom is -0.394 e. The van der Waals surface area contributed by atoms with Gasteiger partial charge >= 0.3 is 0 Å². The Labute approximate surface area is 374 Å². The summed E-state index contributed by atoms with van der Waals surface area (Å²) in [7, 11) is 0. The van der Waals surface area contributed by atoms with Crippen molar-refractivity contribution in [3.63, 3.8) is 0 Å². The topological polar surface area (TPSA) is 307 Å². The predicted molar refractivity (Wildman–Crippen MR) is 219 cm³/mol. The van der Waals surface area contributed by atoms with Gasteiger partial charge in [-0.15, -0.1) is 0 Å². The van der Waals surface area contributed by atoms with E-state index in [2.05, 4.69) is 20.8 Å². The average Bonchev–Trinajstić information content (AvgIpc) is 3.70. The molecule has 4 heterocycles. The second-order valence-corrected chi connectivity index (χ2v) is 21.6. The Balaban J connectivity index is 0.883. The molecular weight excluding hydrogens is 844 g/mol. The van der Waals surface area contributed by atoms with E-state index in [0.717, 1.165) is 32.1 Å². The third kappa shape index (κ3) is 8.55. The van der Waals surface area contributed by atoms with Gasteiger partial charge in [-0.1, -0.05) is 27.7 Å². The zero-order valence-corrected chi connectivity index (χ0v) is 37.6. The van der Waals surface area contributed by atoms with Gasteiger partial charge in [0.15, 0.2) is 24.7 Å². The fraction of sp³-hybridized carbons (Fsp3) is 1.00. The zero-order valence-electron chi connectivity index (χ0n) is 37.6. The van der Waals surface area contributed by atoms with E-state index in [9.17, 15) is 61.3 Å². The van der Waals surface area contributed by atoms with Crippen molar-refractivity contribution in [1.29, 1.82) is 0 Å². The van der Waals surface area contributed by atoms with Gasteiger partial charge in [-0.2, -0.15) is 0 Å². The first-order valence-corrected chi connectivity index (χ1v) is 23.8. The number of ether oxygens (including phenoxy) is 7. The maximum Gasteiger partial charge on any atom is 0.187 e. The molecule has 4 aliphatic carbocycles. The van der Waals surface area contributed by atoms with E-state index in [1.807, 2.05) is 6.92 Å². The Hall–Kier alpha value is -0.760. The first kappa shape index (κ1) is 49.7. The smallest absolute Gasteiger partial charge is 0.187 e. The first-order valence-electron chi connectivity index (χ1n) is 23.8. The molecule has 8 aliphatic rings. The van der Waals surface area contributed by atoms with Crippen LogP contribution >= 0.6 is 0 Å². The number of aliphatic hydroxyl groups is 12. The van der Waals surface area contributed by atoms with E-state index >= 15 is 0 Å². The van der Waals surface area contributed by atoms with Crippen LogP contribution < -0.4 is 0 Å². The maximum absolute atomic E-state index is 12.1. The molecule has 28 atom stereocenters. The summed E-state index contributed by atoms with van der Waals surface area (Å²) >= 11 is 0. The molecule has 0 aromatic rings. The third-order valence-electron chi connectivity index (χ3n) is 18.0. The van der Waals surface area contributed by atoms with E-state index < -0.39 is 123 Å². The fourth-order valence-electron chi connectivity index (χ4n) is 14.1. The molecule has 4 saturated carbocycles. The van der Waals surface area contributed by atoms with Crippen LogP contribution in [0.1, 0.15) is 92.4 Å². The van der Waals surface area contributed by atoms with Gasteiger partial charge in [0.1, 0.15) is 67.1 Å². The monoisotopic (exact) mass is 920 g/mol. The summed E-state index contributed by atoms with van der Waals surface area (Å²) in [6.07, 6.45) is -16.4. The lowest BCUT2D eigenvalue weighted by Crippen LogP contribution is -2.65. The van der Waals surface area contributed by atoms with Gasteiger partial charge in [0.2, 0.25) is 0 Å². The van der Waals surface area contributed by atoms with Gasteiger partial charge in [-0.3, -0.25) is 0 Å². The number of hydrogen-bond donors (Lipinski definition) is 12. The second kappa shape index (κ2) is 18.9. The van der Waals surface area contributed by atoms with Gasteiger partial charge in [-0.05, 0) is 105 Å². The van der Waals surface area contributed by atoms with E-state index in [-0.39, 0.29) is 47.2 Å². The van der Waals surface area contributed by atoms with Crippen molar-refractivity contribution in [3.8, 4) is 0 Å². The van der Waals surface area contributed by atoms with Gasteiger partial charge in [0.25, 0.3) is 0 Å². The van der Waals surface area contributed by atoms with E-state index in [4.69, 9.17) is 33.2 Å². The Bertz CT molecular complexity index is 1580. The van der Waals surface area contributed by atoms with Crippen molar-refractivity contribution in [2.24, 2.45) is 52.3 Å². The van der Waals surface area contributed by atoms with E-state index in [1.165, 1.54) is 6.92 Å². The number of hydrogen-bond acceptors (Lipinski definition) is 19. The molecule has 0 spiro atoms. The Morgan fingerprint density at radius 1 is 0.672 bits per heavy atom. The summed E-state index contributed by atoms with van der Waals surface area (Å²) in [4.78, 5) is 0. The molecule has 0 aromatic heterocycles. The largest absolute Gasteiger partial charge is 0.394 e.